The predicted molar refractivity (Wildman–Crippen MR) is 66.0 cm³/mol. The van der Waals surface area contributed by atoms with Gasteiger partial charge < -0.3 is 9.30 Å². The molecule has 1 atom stereocenters. The molecule has 0 bridgehead atoms. The molecule has 2 heterocycles. The Bertz CT molecular complexity index is 476. The molecular formula is C13H17F3N2O2. The lowest BCUT2D eigenvalue weighted by Crippen LogP contribution is -2.49. The van der Waals surface area contributed by atoms with Gasteiger partial charge in [-0.05, 0) is 37.9 Å². The zero-order valence-corrected chi connectivity index (χ0v) is 11.2. The minimum atomic E-state index is -4.36. The van der Waals surface area contributed by atoms with Crippen LogP contribution in [0.4, 0.5) is 13.2 Å². The summed E-state index contributed by atoms with van der Waals surface area (Å²) in [5, 5.41) is 2.56. The molecule has 2 rings (SSSR count). The van der Waals surface area contributed by atoms with E-state index in [1.54, 1.807) is 6.92 Å². The Labute approximate surface area is 114 Å². The van der Waals surface area contributed by atoms with Crippen molar-refractivity contribution in [2.24, 2.45) is 0 Å². The predicted octanol–water partition coefficient (Wildman–Crippen LogP) is 2.19. The van der Waals surface area contributed by atoms with E-state index in [0.717, 1.165) is 0 Å². The number of aromatic nitrogens is 1. The Morgan fingerprint density at radius 2 is 2.30 bits per heavy atom. The average molecular weight is 290 g/mol. The van der Waals surface area contributed by atoms with Crippen LogP contribution in [0, 0.1) is 0 Å². The van der Waals surface area contributed by atoms with Crippen LogP contribution in [0.15, 0.2) is 18.5 Å². The number of hydrogen-bond acceptors (Lipinski definition) is 3. The van der Waals surface area contributed by atoms with E-state index in [4.69, 9.17) is 4.74 Å². The smallest absolute Gasteiger partial charge is 0.410 e. The highest BCUT2D eigenvalue weighted by atomic mass is 19.4. The van der Waals surface area contributed by atoms with Crippen molar-refractivity contribution in [2.75, 3.05) is 13.2 Å². The summed E-state index contributed by atoms with van der Waals surface area (Å²) in [6.07, 6.45) is -1.04. The van der Waals surface area contributed by atoms with Crippen molar-refractivity contribution in [2.45, 2.75) is 38.0 Å². The number of rotatable bonds is 4. The molecule has 1 N–H and O–H groups in total. The Kier molecular flexibility index (Phi) is 4.08. The lowest BCUT2D eigenvalue weighted by atomic mass is 9.90. The van der Waals surface area contributed by atoms with E-state index in [9.17, 15) is 18.0 Å². The second kappa shape index (κ2) is 5.47. The highest BCUT2D eigenvalue weighted by Gasteiger charge is 2.57. The Balaban J connectivity index is 2.20. The van der Waals surface area contributed by atoms with Crippen molar-refractivity contribution in [1.29, 1.82) is 0 Å². The summed E-state index contributed by atoms with van der Waals surface area (Å²) in [5.74, 6) is -0.463. The summed E-state index contributed by atoms with van der Waals surface area (Å²) in [6, 6.07) is 1.41. The standard InChI is InChI=1S/C13H17F3N2O2/c1-2-20-11(19)9-18-7-4-10(8-18)12(13(14,15)16)5-3-6-17-12/h4,7-8,17H,2-3,5-6,9H2,1H3. The van der Waals surface area contributed by atoms with Crippen molar-refractivity contribution in [1.82, 2.24) is 9.88 Å². The molecule has 1 aromatic rings. The highest BCUT2D eigenvalue weighted by molar-refractivity contribution is 5.69. The highest BCUT2D eigenvalue weighted by Crippen LogP contribution is 2.44. The average Bonchev–Trinajstić information content (AvgIpc) is 2.96. The second-order valence-corrected chi connectivity index (χ2v) is 4.81. The van der Waals surface area contributed by atoms with Crippen LogP contribution < -0.4 is 5.32 Å². The van der Waals surface area contributed by atoms with Crippen molar-refractivity contribution in [3.63, 3.8) is 0 Å². The molecule has 4 nitrogen and oxygen atoms in total. The van der Waals surface area contributed by atoms with E-state index in [-0.39, 0.29) is 25.1 Å². The molecule has 1 unspecified atom stereocenters. The number of carbonyl (C=O) groups excluding carboxylic acids is 1. The fourth-order valence-corrected chi connectivity index (χ4v) is 2.54. The van der Waals surface area contributed by atoms with Gasteiger partial charge in [-0.1, -0.05) is 0 Å². The number of hydrogen-bond donors (Lipinski definition) is 1. The van der Waals surface area contributed by atoms with Gasteiger partial charge in [0.05, 0.1) is 6.61 Å². The molecule has 0 spiro atoms. The fraction of sp³-hybridized carbons (Fsp3) is 0.615. The molecule has 1 saturated heterocycles. The third kappa shape index (κ3) is 2.67. The molecule has 1 fully saturated rings. The maximum atomic E-state index is 13.3. The summed E-state index contributed by atoms with van der Waals surface area (Å²) in [6.45, 7) is 2.19. The summed E-state index contributed by atoms with van der Waals surface area (Å²) < 4.78 is 46.2. The monoisotopic (exact) mass is 290 g/mol. The van der Waals surface area contributed by atoms with Gasteiger partial charge in [0.1, 0.15) is 12.1 Å². The number of alkyl halides is 3. The molecule has 0 saturated carbocycles. The third-order valence-electron chi connectivity index (χ3n) is 3.50. The SMILES string of the molecule is CCOC(=O)Cn1ccc(C2(C(F)(F)F)CCCN2)c1. The number of ether oxygens (including phenoxy) is 1. The lowest BCUT2D eigenvalue weighted by Gasteiger charge is -2.31. The normalized spacial score (nSPS) is 23.0. The molecule has 0 amide bonds. The Morgan fingerprint density at radius 3 is 2.85 bits per heavy atom. The van der Waals surface area contributed by atoms with Crippen LogP contribution >= 0.6 is 0 Å². The first-order valence-electron chi connectivity index (χ1n) is 6.52. The number of nitrogens with one attached hydrogen (secondary N) is 1. The molecule has 1 aromatic heterocycles. The quantitative estimate of drug-likeness (QED) is 0.864. The second-order valence-electron chi connectivity index (χ2n) is 4.81. The van der Waals surface area contributed by atoms with Crippen LogP contribution in [0.25, 0.3) is 0 Å². The van der Waals surface area contributed by atoms with Crippen molar-refractivity contribution < 1.29 is 22.7 Å². The molecule has 1 aliphatic rings. The van der Waals surface area contributed by atoms with E-state index in [2.05, 4.69) is 5.32 Å². The first kappa shape index (κ1) is 14.9. The molecule has 0 aromatic carbocycles. The molecule has 20 heavy (non-hydrogen) atoms. The Morgan fingerprint density at radius 1 is 1.55 bits per heavy atom. The minimum Gasteiger partial charge on any atom is -0.465 e. The third-order valence-corrected chi connectivity index (χ3v) is 3.50. The van der Waals surface area contributed by atoms with Crippen molar-refractivity contribution >= 4 is 5.97 Å². The van der Waals surface area contributed by atoms with Crippen molar-refractivity contribution in [3.8, 4) is 0 Å². The van der Waals surface area contributed by atoms with Gasteiger partial charge in [-0.3, -0.25) is 10.1 Å². The van der Waals surface area contributed by atoms with E-state index in [0.29, 0.717) is 13.0 Å². The van der Waals surface area contributed by atoms with Gasteiger partial charge in [0.25, 0.3) is 0 Å². The first-order valence-corrected chi connectivity index (χ1v) is 6.52. The van der Waals surface area contributed by atoms with Gasteiger partial charge in [0, 0.05) is 12.4 Å². The first-order chi connectivity index (χ1) is 9.39. The van der Waals surface area contributed by atoms with Gasteiger partial charge in [0.15, 0.2) is 0 Å². The number of carbonyl (C=O) groups is 1. The number of halogens is 3. The Hall–Kier alpha value is -1.50. The topological polar surface area (TPSA) is 43.3 Å². The lowest BCUT2D eigenvalue weighted by molar-refractivity contribution is -0.196. The van der Waals surface area contributed by atoms with E-state index in [1.807, 2.05) is 0 Å². The van der Waals surface area contributed by atoms with Gasteiger partial charge in [-0.2, -0.15) is 13.2 Å². The van der Waals surface area contributed by atoms with Crippen LogP contribution in [0.3, 0.4) is 0 Å². The summed E-state index contributed by atoms with van der Waals surface area (Å²) in [7, 11) is 0. The van der Waals surface area contributed by atoms with E-state index < -0.39 is 17.7 Å². The van der Waals surface area contributed by atoms with Crippen LogP contribution in [0.2, 0.25) is 0 Å². The summed E-state index contributed by atoms with van der Waals surface area (Å²) in [4.78, 5) is 11.3. The molecular weight excluding hydrogens is 273 g/mol. The zero-order valence-electron chi connectivity index (χ0n) is 11.2. The van der Waals surface area contributed by atoms with E-state index >= 15 is 0 Å². The van der Waals surface area contributed by atoms with Gasteiger partial charge in [0.2, 0.25) is 0 Å². The largest absolute Gasteiger partial charge is 0.465 e. The molecule has 112 valence electrons. The summed E-state index contributed by atoms with van der Waals surface area (Å²) in [5.41, 5.74) is -1.85. The maximum Gasteiger partial charge on any atom is 0.410 e. The van der Waals surface area contributed by atoms with Crippen LogP contribution in [-0.4, -0.2) is 29.9 Å². The van der Waals surface area contributed by atoms with Crippen LogP contribution in [0.1, 0.15) is 25.3 Å². The van der Waals surface area contributed by atoms with E-state index in [1.165, 1.54) is 23.0 Å². The van der Waals surface area contributed by atoms with Crippen molar-refractivity contribution in [3.05, 3.63) is 24.0 Å². The molecule has 0 radical (unpaired) electrons. The minimum absolute atomic E-state index is 0.0138. The van der Waals surface area contributed by atoms with Gasteiger partial charge in [-0.25, -0.2) is 0 Å². The molecule has 1 aliphatic heterocycles. The fourth-order valence-electron chi connectivity index (χ4n) is 2.54. The summed E-state index contributed by atoms with van der Waals surface area (Å²) >= 11 is 0. The zero-order chi connectivity index (χ0) is 14.8. The van der Waals surface area contributed by atoms with Crippen LogP contribution in [-0.2, 0) is 21.6 Å². The van der Waals surface area contributed by atoms with Crippen LogP contribution in [0.5, 0.6) is 0 Å². The maximum absolute atomic E-state index is 13.3. The molecule has 0 aliphatic carbocycles. The number of nitrogens with zero attached hydrogens (tertiary/aromatic N) is 1. The molecule has 7 heteroatoms. The number of esters is 1. The van der Waals surface area contributed by atoms with Gasteiger partial charge in [-0.15, -0.1) is 0 Å². The van der Waals surface area contributed by atoms with Gasteiger partial charge >= 0.3 is 12.1 Å².